The first-order valence-electron chi connectivity index (χ1n) is 10.1. The number of carbonyl (C=O) groups excluding carboxylic acids is 1. The summed E-state index contributed by atoms with van der Waals surface area (Å²) in [5, 5.41) is 8.05. The Kier molecular flexibility index (Phi) is 6.45. The number of hydrogen-bond acceptors (Lipinski definition) is 6. The van der Waals surface area contributed by atoms with Crippen LogP contribution in [0, 0.1) is 0 Å². The van der Waals surface area contributed by atoms with Gasteiger partial charge in [-0.25, -0.2) is 4.98 Å². The first kappa shape index (κ1) is 23.8. The number of benzene rings is 2. The summed E-state index contributed by atoms with van der Waals surface area (Å²) in [5.74, 6) is -7.74. The number of nitrogens with one attached hydrogen (secondary N) is 2. The van der Waals surface area contributed by atoms with Crippen LogP contribution in [-0.4, -0.2) is 33.1 Å². The number of amides is 1. The highest BCUT2D eigenvalue weighted by Gasteiger charge is 2.63. The van der Waals surface area contributed by atoms with Crippen molar-refractivity contribution in [3.8, 4) is 22.6 Å². The molecule has 2 aromatic heterocycles. The van der Waals surface area contributed by atoms with Gasteiger partial charge in [-0.05, 0) is 34.9 Å². The molecule has 2 N–H and O–H groups in total. The van der Waals surface area contributed by atoms with Gasteiger partial charge in [0.1, 0.15) is 5.82 Å². The van der Waals surface area contributed by atoms with Gasteiger partial charge in [0, 0.05) is 18.3 Å². The quantitative estimate of drug-likeness (QED) is 0.331. The molecule has 0 aliphatic rings. The van der Waals surface area contributed by atoms with Crippen LogP contribution in [0.15, 0.2) is 77.7 Å². The van der Waals surface area contributed by atoms with Crippen LogP contribution in [0.3, 0.4) is 0 Å². The van der Waals surface area contributed by atoms with E-state index in [1.54, 1.807) is 17.4 Å². The van der Waals surface area contributed by atoms with E-state index >= 15 is 0 Å². The van der Waals surface area contributed by atoms with Crippen molar-refractivity contribution in [1.29, 1.82) is 0 Å². The second-order valence-corrected chi connectivity index (χ2v) is 7.27. The van der Waals surface area contributed by atoms with Crippen LogP contribution in [0.5, 0.6) is 0 Å². The molecule has 0 fully saturated rings. The van der Waals surface area contributed by atoms with Crippen LogP contribution in [0.1, 0.15) is 5.56 Å². The molecular formula is C23H16F5N5O2. The van der Waals surface area contributed by atoms with E-state index < -0.39 is 18.0 Å². The highest BCUT2D eigenvalue weighted by atomic mass is 19.4. The molecule has 2 heterocycles. The van der Waals surface area contributed by atoms with Gasteiger partial charge in [-0.2, -0.15) is 26.9 Å². The van der Waals surface area contributed by atoms with Crippen molar-refractivity contribution >= 4 is 17.4 Å². The molecule has 0 atom stereocenters. The molecular weight excluding hydrogens is 473 g/mol. The zero-order valence-electron chi connectivity index (χ0n) is 17.7. The topological polar surface area (TPSA) is 92.9 Å². The van der Waals surface area contributed by atoms with Crippen molar-refractivity contribution in [3.05, 3.63) is 78.8 Å². The summed E-state index contributed by atoms with van der Waals surface area (Å²) >= 11 is 0. The number of anilines is 2. The Morgan fingerprint density at radius 3 is 2.26 bits per heavy atom. The van der Waals surface area contributed by atoms with E-state index in [-0.39, 0.29) is 18.1 Å². The molecule has 0 saturated heterocycles. The van der Waals surface area contributed by atoms with Gasteiger partial charge in [-0.3, -0.25) is 4.79 Å². The number of hydrogen-bond donors (Lipinski definition) is 2. The molecule has 2 aromatic carbocycles. The summed E-state index contributed by atoms with van der Waals surface area (Å²) in [7, 11) is 0. The molecule has 12 heteroatoms. The van der Waals surface area contributed by atoms with Gasteiger partial charge >= 0.3 is 18.0 Å². The monoisotopic (exact) mass is 489 g/mol. The number of aromatic nitrogens is 3. The predicted octanol–water partition coefficient (Wildman–Crippen LogP) is 5.55. The maximum atomic E-state index is 13.3. The van der Waals surface area contributed by atoms with Crippen molar-refractivity contribution in [3.63, 3.8) is 0 Å². The predicted molar refractivity (Wildman–Crippen MR) is 116 cm³/mol. The van der Waals surface area contributed by atoms with Gasteiger partial charge in [0.15, 0.2) is 6.33 Å². The smallest absolute Gasteiger partial charge is 0.364 e. The van der Waals surface area contributed by atoms with Crippen LogP contribution in [0.25, 0.3) is 22.6 Å². The molecule has 7 nitrogen and oxygen atoms in total. The number of pyridine rings is 1. The standard InChI is InChI=1S/C23H16F5N5O2/c24-22(25,23(26,27)28)21(34)33-18-6-3-11-29-19(18)30-12-14-7-9-15(10-8-14)16-4-1-2-5-17(16)20-31-13-32-35-20/h1-11,13H,12H2,(H,29,30)(H,33,34). The number of halogens is 5. The summed E-state index contributed by atoms with van der Waals surface area (Å²) in [5.41, 5.74) is 2.92. The molecule has 0 spiro atoms. The number of nitrogens with zero attached hydrogens (tertiary/aromatic N) is 3. The molecule has 4 rings (SSSR count). The SMILES string of the molecule is O=C(Nc1cccnc1NCc1ccc(-c2ccccc2-c2ncno2)cc1)C(F)(F)C(F)(F)F. The highest BCUT2D eigenvalue weighted by molar-refractivity contribution is 5.98. The first-order chi connectivity index (χ1) is 16.7. The lowest BCUT2D eigenvalue weighted by atomic mass is 9.98. The Hall–Kier alpha value is -4.35. The zero-order chi connectivity index (χ0) is 25.1. The third-order valence-corrected chi connectivity index (χ3v) is 4.94. The van der Waals surface area contributed by atoms with Crippen molar-refractivity contribution in [1.82, 2.24) is 15.1 Å². The van der Waals surface area contributed by atoms with Gasteiger partial charge in [0.05, 0.1) is 5.69 Å². The van der Waals surface area contributed by atoms with Crippen molar-refractivity contribution in [2.75, 3.05) is 10.6 Å². The second kappa shape index (κ2) is 9.49. The molecule has 0 aliphatic carbocycles. The minimum absolute atomic E-state index is 0.0651. The van der Waals surface area contributed by atoms with E-state index in [0.717, 1.165) is 28.3 Å². The zero-order valence-corrected chi connectivity index (χ0v) is 17.7. The Bertz CT molecular complexity index is 1310. The third-order valence-electron chi connectivity index (χ3n) is 4.94. The van der Waals surface area contributed by atoms with Crippen LogP contribution < -0.4 is 10.6 Å². The molecule has 35 heavy (non-hydrogen) atoms. The molecule has 0 aliphatic heterocycles. The largest absolute Gasteiger partial charge is 0.463 e. The first-order valence-corrected chi connectivity index (χ1v) is 10.1. The van der Waals surface area contributed by atoms with E-state index in [1.807, 2.05) is 36.4 Å². The summed E-state index contributed by atoms with van der Waals surface area (Å²) in [6.45, 7) is 0.154. The molecule has 0 bridgehead atoms. The van der Waals surface area contributed by atoms with E-state index in [2.05, 4.69) is 20.4 Å². The molecule has 1 amide bonds. The molecule has 0 unspecified atom stereocenters. The maximum absolute atomic E-state index is 13.3. The van der Waals surface area contributed by atoms with Gasteiger partial charge in [-0.1, -0.05) is 47.6 Å². The van der Waals surface area contributed by atoms with Crippen molar-refractivity contribution < 1.29 is 31.3 Å². The number of alkyl halides is 5. The summed E-state index contributed by atoms with van der Waals surface area (Å²) in [4.78, 5) is 19.5. The molecule has 180 valence electrons. The normalized spacial score (nSPS) is 11.8. The Balaban J connectivity index is 1.47. The lowest BCUT2D eigenvalue weighted by Gasteiger charge is -2.19. The molecule has 0 saturated carbocycles. The van der Waals surface area contributed by atoms with Crippen LogP contribution in [0.2, 0.25) is 0 Å². The Labute approximate surface area is 195 Å². The summed E-state index contributed by atoms with van der Waals surface area (Å²) in [6.07, 6.45) is -3.41. The minimum Gasteiger partial charge on any atom is -0.364 e. The Morgan fingerprint density at radius 2 is 1.60 bits per heavy atom. The fraction of sp³-hybridized carbons (Fsp3) is 0.130. The summed E-state index contributed by atoms with van der Waals surface area (Å²) < 4.78 is 69.1. The van der Waals surface area contributed by atoms with Gasteiger partial charge in [-0.15, -0.1) is 0 Å². The number of carbonyl (C=O) groups is 1. The fourth-order valence-corrected chi connectivity index (χ4v) is 3.18. The highest BCUT2D eigenvalue weighted by Crippen LogP contribution is 2.37. The van der Waals surface area contributed by atoms with Gasteiger partial charge in [0.25, 0.3) is 5.89 Å². The van der Waals surface area contributed by atoms with Gasteiger partial charge < -0.3 is 15.2 Å². The lowest BCUT2D eigenvalue weighted by Crippen LogP contribution is -2.47. The lowest BCUT2D eigenvalue weighted by molar-refractivity contribution is -0.267. The van der Waals surface area contributed by atoms with Crippen LogP contribution in [0.4, 0.5) is 33.5 Å². The second-order valence-electron chi connectivity index (χ2n) is 7.27. The van der Waals surface area contributed by atoms with Crippen LogP contribution in [-0.2, 0) is 11.3 Å². The van der Waals surface area contributed by atoms with Crippen LogP contribution >= 0.6 is 0 Å². The summed E-state index contributed by atoms with van der Waals surface area (Å²) in [6, 6.07) is 17.2. The third kappa shape index (κ3) is 5.10. The average molecular weight is 489 g/mol. The van der Waals surface area contributed by atoms with E-state index in [9.17, 15) is 26.7 Å². The van der Waals surface area contributed by atoms with E-state index in [4.69, 9.17) is 4.52 Å². The average Bonchev–Trinajstić information content (AvgIpc) is 3.38. The van der Waals surface area contributed by atoms with Gasteiger partial charge in [0.2, 0.25) is 0 Å². The number of rotatable bonds is 7. The maximum Gasteiger partial charge on any atom is 0.463 e. The van der Waals surface area contributed by atoms with E-state index in [0.29, 0.717) is 5.89 Å². The molecule has 4 aromatic rings. The Morgan fingerprint density at radius 1 is 0.886 bits per heavy atom. The fourth-order valence-electron chi connectivity index (χ4n) is 3.18. The van der Waals surface area contributed by atoms with E-state index in [1.165, 1.54) is 18.6 Å². The minimum atomic E-state index is -6.02. The van der Waals surface area contributed by atoms with Crippen molar-refractivity contribution in [2.24, 2.45) is 0 Å². The molecule has 0 radical (unpaired) electrons. The van der Waals surface area contributed by atoms with Crippen molar-refractivity contribution in [2.45, 2.75) is 18.6 Å².